The van der Waals surface area contributed by atoms with Crippen molar-refractivity contribution in [3.8, 4) is 0 Å². The molecule has 0 bridgehead atoms. The third kappa shape index (κ3) is 2.65. The van der Waals surface area contributed by atoms with Crippen LogP contribution in [0.3, 0.4) is 0 Å². The Hall–Kier alpha value is -2.25. The number of fused-ring (bicyclic) bond motifs is 1. The first-order valence-electron chi connectivity index (χ1n) is 6.34. The maximum Gasteiger partial charge on any atom is 0.238 e. The number of benzene rings is 1. The largest absolute Gasteiger partial charge is 0.322 e. The predicted molar refractivity (Wildman–Crippen MR) is 79.2 cm³/mol. The van der Waals surface area contributed by atoms with Crippen LogP contribution in [0.2, 0.25) is 0 Å². The lowest BCUT2D eigenvalue weighted by Gasteiger charge is -2.07. The molecule has 0 aliphatic heterocycles. The van der Waals surface area contributed by atoms with E-state index in [0.717, 1.165) is 22.4 Å². The molecule has 0 saturated heterocycles. The highest BCUT2D eigenvalue weighted by Gasteiger charge is 2.10. The molecular weight excluding hydrogens is 288 g/mol. The zero-order chi connectivity index (χ0) is 15.0. The predicted octanol–water partition coefficient (Wildman–Crippen LogP) is 1.44. The standard InChI is InChI=1S/C14H14N4O2S/c1-10-17-13-6-7-16-8-14(13)18(10)9-11-2-4-12(5-3-11)21(15,19)20/h2-8H,9H2,1H3,(H2,15,19,20). The van der Waals surface area contributed by atoms with Gasteiger partial charge in [-0.3, -0.25) is 4.98 Å². The lowest BCUT2D eigenvalue weighted by Crippen LogP contribution is -2.12. The summed E-state index contributed by atoms with van der Waals surface area (Å²) < 4.78 is 24.5. The Kier molecular flexibility index (Phi) is 3.23. The second kappa shape index (κ2) is 4.94. The topological polar surface area (TPSA) is 90.9 Å². The highest BCUT2D eigenvalue weighted by molar-refractivity contribution is 7.89. The monoisotopic (exact) mass is 302 g/mol. The first-order valence-corrected chi connectivity index (χ1v) is 7.88. The third-order valence-electron chi connectivity index (χ3n) is 3.33. The van der Waals surface area contributed by atoms with E-state index in [1.165, 1.54) is 12.1 Å². The quantitative estimate of drug-likeness (QED) is 0.792. The van der Waals surface area contributed by atoms with Crippen LogP contribution in [0.4, 0.5) is 0 Å². The second-order valence-electron chi connectivity index (χ2n) is 4.80. The van der Waals surface area contributed by atoms with Crippen molar-refractivity contribution in [2.24, 2.45) is 5.14 Å². The molecule has 1 aromatic carbocycles. The van der Waals surface area contributed by atoms with E-state index in [1.807, 2.05) is 17.6 Å². The number of primary sulfonamides is 1. The summed E-state index contributed by atoms with van der Waals surface area (Å²) in [4.78, 5) is 8.70. The van der Waals surface area contributed by atoms with E-state index in [-0.39, 0.29) is 4.90 Å². The van der Waals surface area contributed by atoms with Crippen LogP contribution in [0, 0.1) is 6.92 Å². The molecule has 0 aliphatic carbocycles. The average molecular weight is 302 g/mol. The van der Waals surface area contributed by atoms with Crippen LogP contribution in [-0.4, -0.2) is 23.0 Å². The van der Waals surface area contributed by atoms with E-state index in [2.05, 4.69) is 9.97 Å². The van der Waals surface area contributed by atoms with Crippen molar-refractivity contribution in [1.29, 1.82) is 0 Å². The molecule has 0 aliphatic rings. The molecule has 7 heteroatoms. The average Bonchev–Trinajstić information content (AvgIpc) is 2.75. The number of hydrogen-bond acceptors (Lipinski definition) is 4. The lowest BCUT2D eigenvalue weighted by molar-refractivity contribution is 0.597. The van der Waals surface area contributed by atoms with Gasteiger partial charge in [0.15, 0.2) is 0 Å². The Labute approximate surface area is 122 Å². The van der Waals surface area contributed by atoms with Crippen molar-refractivity contribution in [1.82, 2.24) is 14.5 Å². The van der Waals surface area contributed by atoms with E-state index in [4.69, 9.17) is 5.14 Å². The Morgan fingerprint density at radius 1 is 1.19 bits per heavy atom. The fourth-order valence-corrected chi connectivity index (χ4v) is 2.77. The maximum atomic E-state index is 11.2. The SMILES string of the molecule is Cc1nc2ccncc2n1Cc1ccc(S(N)(=O)=O)cc1. The second-order valence-corrected chi connectivity index (χ2v) is 6.36. The first kappa shape index (κ1) is 13.7. The van der Waals surface area contributed by atoms with Gasteiger partial charge in [0, 0.05) is 12.7 Å². The molecule has 2 aromatic heterocycles. The van der Waals surface area contributed by atoms with Gasteiger partial charge in [-0.25, -0.2) is 18.5 Å². The van der Waals surface area contributed by atoms with Crippen molar-refractivity contribution in [2.45, 2.75) is 18.4 Å². The number of aromatic nitrogens is 3. The molecule has 0 radical (unpaired) electrons. The molecule has 0 fully saturated rings. The smallest absolute Gasteiger partial charge is 0.238 e. The number of aryl methyl sites for hydroxylation is 1. The van der Waals surface area contributed by atoms with E-state index in [0.29, 0.717) is 6.54 Å². The van der Waals surface area contributed by atoms with Gasteiger partial charge in [0.2, 0.25) is 10.0 Å². The van der Waals surface area contributed by atoms with Gasteiger partial charge in [0.25, 0.3) is 0 Å². The van der Waals surface area contributed by atoms with Crippen molar-refractivity contribution in [2.75, 3.05) is 0 Å². The van der Waals surface area contributed by atoms with Crippen molar-refractivity contribution in [3.05, 3.63) is 54.1 Å². The van der Waals surface area contributed by atoms with Crippen LogP contribution in [0.15, 0.2) is 47.6 Å². The molecule has 0 amide bonds. The normalized spacial score (nSPS) is 11.9. The van der Waals surface area contributed by atoms with Gasteiger partial charge < -0.3 is 4.57 Å². The van der Waals surface area contributed by atoms with E-state index in [9.17, 15) is 8.42 Å². The van der Waals surface area contributed by atoms with Crippen LogP contribution in [-0.2, 0) is 16.6 Å². The van der Waals surface area contributed by atoms with Crippen LogP contribution in [0.1, 0.15) is 11.4 Å². The van der Waals surface area contributed by atoms with Crippen LogP contribution < -0.4 is 5.14 Å². The Bertz CT molecular complexity index is 898. The highest BCUT2D eigenvalue weighted by atomic mass is 32.2. The van der Waals surface area contributed by atoms with Crippen molar-refractivity contribution < 1.29 is 8.42 Å². The molecule has 0 spiro atoms. The summed E-state index contributed by atoms with van der Waals surface area (Å²) in [6.45, 7) is 2.53. The zero-order valence-electron chi connectivity index (χ0n) is 11.4. The number of sulfonamides is 1. The Morgan fingerprint density at radius 2 is 1.90 bits per heavy atom. The Morgan fingerprint density at radius 3 is 2.57 bits per heavy atom. The summed E-state index contributed by atoms with van der Waals surface area (Å²) >= 11 is 0. The van der Waals surface area contributed by atoms with Gasteiger partial charge in [-0.2, -0.15) is 0 Å². The van der Waals surface area contributed by atoms with Crippen LogP contribution >= 0.6 is 0 Å². The molecule has 6 nitrogen and oxygen atoms in total. The molecule has 0 unspecified atom stereocenters. The highest BCUT2D eigenvalue weighted by Crippen LogP contribution is 2.17. The Balaban J connectivity index is 1.97. The van der Waals surface area contributed by atoms with Crippen molar-refractivity contribution >= 4 is 21.1 Å². The number of rotatable bonds is 3. The van der Waals surface area contributed by atoms with E-state index >= 15 is 0 Å². The maximum absolute atomic E-state index is 11.2. The molecule has 3 aromatic rings. The first-order chi connectivity index (χ1) is 9.95. The molecule has 2 N–H and O–H groups in total. The zero-order valence-corrected chi connectivity index (χ0v) is 12.2. The molecule has 108 valence electrons. The number of pyridine rings is 1. The number of nitrogens with zero attached hydrogens (tertiary/aromatic N) is 3. The van der Waals surface area contributed by atoms with Gasteiger partial charge in [-0.1, -0.05) is 12.1 Å². The number of imidazole rings is 1. The summed E-state index contributed by atoms with van der Waals surface area (Å²) in [5, 5.41) is 5.09. The number of hydrogen-bond donors (Lipinski definition) is 1. The minimum atomic E-state index is -3.65. The fourth-order valence-electron chi connectivity index (χ4n) is 2.26. The summed E-state index contributed by atoms with van der Waals surface area (Å²) in [7, 11) is -3.65. The molecule has 0 atom stereocenters. The van der Waals surface area contributed by atoms with Gasteiger partial charge >= 0.3 is 0 Å². The fraction of sp³-hybridized carbons (Fsp3) is 0.143. The van der Waals surface area contributed by atoms with Crippen LogP contribution in [0.5, 0.6) is 0 Å². The van der Waals surface area contributed by atoms with E-state index in [1.54, 1.807) is 24.5 Å². The third-order valence-corrected chi connectivity index (χ3v) is 4.26. The molecule has 3 rings (SSSR count). The molecule has 0 saturated carbocycles. The van der Waals surface area contributed by atoms with Gasteiger partial charge in [-0.05, 0) is 30.7 Å². The van der Waals surface area contributed by atoms with Crippen LogP contribution in [0.25, 0.3) is 11.0 Å². The summed E-state index contributed by atoms with van der Waals surface area (Å²) in [6.07, 6.45) is 3.48. The lowest BCUT2D eigenvalue weighted by atomic mass is 10.2. The molecule has 2 heterocycles. The summed E-state index contributed by atoms with van der Waals surface area (Å²) in [5.41, 5.74) is 2.81. The molecular formula is C14H14N4O2S. The summed E-state index contributed by atoms with van der Waals surface area (Å²) in [6, 6.07) is 8.39. The number of nitrogens with two attached hydrogens (primary N) is 1. The minimum Gasteiger partial charge on any atom is -0.322 e. The molecule has 21 heavy (non-hydrogen) atoms. The van der Waals surface area contributed by atoms with Crippen molar-refractivity contribution in [3.63, 3.8) is 0 Å². The summed E-state index contributed by atoms with van der Waals surface area (Å²) in [5.74, 6) is 0.883. The van der Waals surface area contributed by atoms with Gasteiger partial charge in [0.05, 0.1) is 22.1 Å². The van der Waals surface area contributed by atoms with Gasteiger partial charge in [0.1, 0.15) is 5.82 Å². The van der Waals surface area contributed by atoms with Gasteiger partial charge in [-0.15, -0.1) is 0 Å². The van der Waals surface area contributed by atoms with E-state index < -0.39 is 10.0 Å². The minimum absolute atomic E-state index is 0.111.